The number of nitrogens with one attached hydrogen (secondary N) is 1. The molecule has 1 aromatic heterocycles. The number of hydrogen-bond acceptors (Lipinski definition) is 1. The van der Waals surface area contributed by atoms with Crippen molar-refractivity contribution in [2.75, 3.05) is 6.54 Å². The summed E-state index contributed by atoms with van der Waals surface area (Å²) in [5.74, 6) is 0.114. The lowest BCUT2D eigenvalue weighted by Crippen LogP contribution is -2.23. The van der Waals surface area contributed by atoms with Gasteiger partial charge in [0.25, 0.3) is 0 Å². The molecular weight excluding hydrogens is 305 g/mol. The molecule has 0 unspecified atom stereocenters. The predicted molar refractivity (Wildman–Crippen MR) is 81.9 cm³/mol. The minimum absolute atomic E-state index is 0.114. The number of aromatic nitrogens is 1. The smallest absolute Gasteiger partial charge is 0.361 e. The van der Waals surface area contributed by atoms with Crippen LogP contribution in [0, 0.1) is 0 Å². The molecule has 0 aliphatic carbocycles. The summed E-state index contributed by atoms with van der Waals surface area (Å²) in [6.07, 6.45) is 0.134. The summed E-state index contributed by atoms with van der Waals surface area (Å²) < 4.78 is 39.2. The highest BCUT2D eigenvalue weighted by molar-refractivity contribution is 5.88. The molecule has 2 aromatic rings. The lowest BCUT2D eigenvalue weighted by molar-refractivity contribution is -0.137. The van der Waals surface area contributed by atoms with Crippen LogP contribution in [0.5, 0.6) is 0 Å². The Morgan fingerprint density at radius 2 is 2.04 bits per heavy atom. The number of amides is 1. The van der Waals surface area contributed by atoms with Gasteiger partial charge in [-0.2, -0.15) is 13.2 Å². The third-order valence-electron chi connectivity index (χ3n) is 4.32. The highest BCUT2D eigenvalue weighted by atomic mass is 19.4. The van der Waals surface area contributed by atoms with Gasteiger partial charge in [0.2, 0.25) is 5.91 Å². The minimum Gasteiger partial charge on any atom is -0.361 e. The normalized spacial score (nSPS) is 15.8. The zero-order valence-electron chi connectivity index (χ0n) is 13.0. The Labute approximate surface area is 132 Å². The number of rotatable bonds is 4. The quantitative estimate of drug-likeness (QED) is 0.896. The molecular formula is C17H19F3N2O. The van der Waals surface area contributed by atoms with Crippen LogP contribution in [-0.4, -0.2) is 22.3 Å². The summed E-state index contributed by atoms with van der Waals surface area (Å²) in [7, 11) is 0. The summed E-state index contributed by atoms with van der Waals surface area (Å²) in [4.78, 5) is 16.5. The minimum atomic E-state index is -4.35. The Balaban J connectivity index is 2.05. The van der Waals surface area contributed by atoms with Crippen molar-refractivity contribution < 1.29 is 18.0 Å². The van der Waals surface area contributed by atoms with E-state index in [2.05, 4.69) is 4.98 Å². The molecule has 0 bridgehead atoms. The van der Waals surface area contributed by atoms with Crippen LogP contribution in [0.25, 0.3) is 10.9 Å². The van der Waals surface area contributed by atoms with Crippen LogP contribution >= 0.6 is 0 Å². The lowest BCUT2D eigenvalue weighted by Gasteiger charge is -2.16. The van der Waals surface area contributed by atoms with Gasteiger partial charge in [0.15, 0.2) is 0 Å². The van der Waals surface area contributed by atoms with Gasteiger partial charge >= 0.3 is 6.18 Å². The predicted octanol–water partition coefficient (Wildman–Crippen LogP) is 4.26. The molecule has 124 valence electrons. The molecule has 0 spiro atoms. The number of benzene rings is 1. The second-order valence-electron chi connectivity index (χ2n) is 6.04. The topological polar surface area (TPSA) is 36.1 Å². The van der Waals surface area contributed by atoms with E-state index >= 15 is 0 Å². The largest absolute Gasteiger partial charge is 0.416 e. The van der Waals surface area contributed by atoms with E-state index in [1.54, 1.807) is 11.1 Å². The average molecular weight is 324 g/mol. The molecule has 1 N–H and O–H groups in total. The van der Waals surface area contributed by atoms with Gasteiger partial charge in [-0.05, 0) is 36.1 Å². The van der Waals surface area contributed by atoms with Crippen LogP contribution in [0.3, 0.4) is 0 Å². The molecule has 23 heavy (non-hydrogen) atoms. The summed E-state index contributed by atoms with van der Waals surface area (Å²) in [6.45, 7) is 3.12. The molecule has 0 atom stereocenters. The molecule has 1 aliphatic heterocycles. The Morgan fingerprint density at radius 3 is 2.65 bits per heavy atom. The van der Waals surface area contributed by atoms with Gasteiger partial charge in [0, 0.05) is 36.6 Å². The highest BCUT2D eigenvalue weighted by Gasteiger charge is 2.32. The zero-order chi connectivity index (χ0) is 16.6. The molecule has 1 fully saturated rings. The lowest BCUT2D eigenvalue weighted by atomic mass is 9.99. The molecule has 2 heterocycles. The maximum Gasteiger partial charge on any atom is 0.416 e. The molecule has 0 radical (unpaired) electrons. The Bertz CT molecular complexity index is 733. The summed E-state index contributed by atoms with van der Waals surface area (Å²) in [6, 6.07) is 2.40. The van der Waals surface area contributed by atoms with E-state index in [1.165, 1.54) is 6.07 Å². The number of aromatic amines is 1. The van der Waals surface area contributed by atoms with E-state index in [4.69, 9.17) is 0 Å². The summed E-state index contributed by atoms with van der Waals surface area (Å²) >= 11 is 0. The van der Waals surface area contributed by atoms with Crippen LogP contribution in [0.15, 0.2) is 18.3 Å². The van der Waals surface area contributed by atoms with E-state index in [-0.39, 0.29) is 5.91 Å². The first-order valence-electron chi connectivity index (χ1n) is 7.88. The van der Waals surface area contributed by atoms with E-state index in [0.29, 0.717) is 30.5 Å². The van der Waals surface area contributed by atoms with E-state index in [9.17, 15) is 18.0 Å². The first kappa shape index (κ1) is 15.9. The van der Waals surface area contributed by atoms with Crippen molar-refractivity contribution in [3.8, 4) is 0 Å². The highest BCUT2D eigenvalue weighted by Crippen LogP contribution is 2.35. The van der Waals surface area contributed by atoms with Crippen molar-refractivity contribution in [1.82, 2.24) is 9.88 Å². The summed E-state index contributed by atoms with van der Waals surface area (Å²) in [5.41, 5.74) is 1.46. The number of nitrogens with zero attached hydrogens (tertiary/aromatic N) is 1. The van der Waals surface area contributed by atoms with Crippen LogP contribution in [0.2, 0.25) is 0 Å². The number of alkyl halides is 3. The molecule has 3 nitrogen and oxygen atoms in total. The second kappa shape index (κ2) is 5.91. The van der Waals surface area contributed by atoms with Crippen LogP contribution in [-0.2, 0) is 23.9 Å². The zero-order valence-corrected chi connectivity index (χ0v) is 13.0. The van der Waals surface area contributed by atoms with Crippen molar-refractivity contribution in [1.29, 1.82) is 0 Å². The Hall–Kier alpha value is -1.98. The van der Waals surface area contributed by atoms with Gasteiger partial charge in [-0.25, -0.2) is 0 Å². The monoisotopic (exact) mass is 324 g/mol. The van der Waals surface area contributed by atoms with Crippen LogP contribution in [0.4, 0.5) is 13.2 Å². The fraction of sp³-hybridized carbons (Fsp3) is 0.471. The van der Waals surface area contributed by atoms with Crippen molar-refractivity contribution >= 4 is 16.8 Å². The summed E-state index contributed by atoms with van der Waals surface area (Å²) in [5, 5.41) is 0.833. The molecule has 1 aromatic carbocycles. The molecule has 1 aliphatic rings. The SMILES string of the molecule is CCCc1cc(C(F)(F)F)cc2[nH]cc(CN3CCCC3=O)c12. The number of H-pyrrole nitrogens is 1. The Morgan fingerprint density at radius 1 is 1.26 bits per heavy atom. The second-order valence-corrected chi connectivity index (χ2v) is 6.04. The van der Waals surface area contributed by atoms with E-state index < -0.39 is 11.7 Å². The number of aryl methyl sites for hydroxylation is 1. The van der Waals surface area contributed by atoms with Crippen molar-refractivity contribution in [2.24, 2.45) is 0 Å². The van der Waals surface area contributed by atoms with Gasteiger partial charge in [-0.15, -0.1) is 0 Å². The van der Waals surface area contributed by atoms with Gasteiger partial charge in [-0.1, -0.05) is 13.3 Å². The molecule has 3 rings (SSSR count). The standard InChI is InChI=1S/C17H19F3N2O/c1-2-4-11-7-13(17(18,19)20)8-14-16(11)12(9-21-14)10-22-6-3-5-15(22)23/h7-9,21H,2-6,10H2,1H3. The molecule has 1 amide bonds. The van der Waals surface area contributed by atoms with Crippen LogP contribution in [0.1, 0.15) is 42.9 Å². The maximum absolute atomic E-state index is 13.1. The fourth-order valence-electron chi connectivity index (χ4n) is 3.26. The van der Waals surface area contributed by atoms with Crippen molar-refractivity contribution in [2.45, 2.75) is 45.3 Å². The average Bonchev–Trinajstić information content (AvgIpc) is 3.06. The van der Waals surface area contributed by atoms with E-state index in [0.717, 1.165) is 36.4 Å². The number of carbonyl (C=O) groups excluding carboxylic acids is 1. The van der Waals surface area contributed by atoms with Crippen molar-refractivity contribution in [3.63, 3.8) is 0 Å². The van der Waals surface area contributed by atoms with Gasteiger partial charge in [0.1, 0.15) is 0 Å². The maximum atomic E-state index is 13.1. The molecule has 1 saturated heterocycles. The Kier molecular flexibility index (Phi) is 4.08. The van der Waals surface area contributed by atoms with Gasteiger partial charge < -0.3 is 9.88 Å². The number of halogens is 3. The number of fused-ring (bicyclic) bond motifs is 1. The van der Waals surface area contributed by atoms with Gasteiger partial charge in [0.05, 0.1) is 5.56 Å². The van der Waals surface area contributed by atoms with Crippen LogP contribution < -0.4 is 0 Å². The number of carbonyl (C=O) groups is 1. The third kappa shape index (κ3) is 3.07. The molecule has 6 heteroatoms. The third-order valence-corrected chi connectivity index (χ3v) is 4.32. The number of likely N-dealkylation sites (tertiary alicyclic amines) is 1. The fourth-order valence-corrected chi connectivity index (χ4v) is 3.26. The number of hydrogen-bond donors (Lipinski definition) is 1. The van der Waals surface area contributed by atoms with Gasteiger partial charge in [-0.3, -0.25) is 4.79 Å². The van der Waals surface area contributed by atoms with E-state index in [1.807, 2.05) is 6.92 Å². The van der Waals surface area contributed by atoms with Crippen molar-refractivity contribution in [3.05, 3.63) is 35.0 Å². The first-order valence-corrected chi connectivity index (χ1v) is 7.88. The first-order chi connectivity index (χ1) is 10.9. The molecule has 0 saturated carbocycles.